The molecule has 0 aromatic carbocycles. The van der Waals surface area contributed by atoms with Gasteiger partial charge in [0.25, 0.3) is 5.56 Å². The van der Waals surface area contributed by atoms with Gasteiger partial charge in [0.15, 0.2) is 5.71 Å². The van der Waals surface area contributed by atoms with Crippen LogP contribution >= 0.6 is 0 Å². The second-order valence-corrected chi connectivity index (χ2v) is 2.58. The summed E-state index contributed by atoms with van der Waals surface area (Å²) in [4.78, 5) is 26.9. The van der Waals surface area contributed by atoms with Crippen LogP contribution in [-0.2, 0) is 11.2 Å². The van der Waals surface area contributed by atoms with Crippen LogP contribution in [0.15, 0.2) is 16.0 Å². The van der Waals surface area contributed by atoms with Crippen LogP contribution in [0.25, 0.3) is 0 Å². The molecule has 0 bridgehead atoms. The molecule has 8 heteroatoms. The summed E-state index contributed by atoms with van der Waals surface area (Å²) in [6, 6.07) is 0.833. The third-order valence-electron chi connectivity index (χ3n) is 1.48. The number of nitrogens with zero attached hydrogens (tertiary/aromatic N) is 2. The molecule has 15 heavy (non-hydrogen) atoms. The minimum absolute atomic E-state index is 0.102. The predicted molar refractivity (Wildman–Crippen MR) is 47.1 cm³/mol. The maximum atomic E-state index is 10.8. The second kappa shape index (κ2) is 4.22. The van der Waals surface area contributed by atoms with Gasteiger partial charge in [-0.25, -0.2) is 4.79 Å². The van der Waals surface area contributed by atoms with Gasteiger partial charge in [0, 0.05) is 0 Å². The summed E-state index contributed by atoms with van der Waals surface area (Å²) in [5.41, 5.74) is -1.22. The van der Waals surface area contributed by atoms with E-state index >= 15 is 0 Å². The largest absolute Gasteiger partial charge is 0.493 e. The standard InChI is InChI=1S/C7H7N3O5/c11-5-2-6(12)9-4(8-5)1-3(10-15)7(13)14/h2,15H,1H2,(H,13,14)(H2,8,9,11,12)/b10-3+. The van der Waals surface area contributed by atoms with Crippen molar-refractivity contribution in [2.24, 2.45) is 5.16 Å². The van der Waals surface area contributed by atoms with E-state index < -0.39 is 29.5 Å². The maximum absolute atomic E-state index is 10.8. The third kappa shape index (κ3) is 2.79. The Hall–Kier alpha value is -2.38. The molecule has 0 fully saturated rings. The molecule has 1 rings (SSSR count). The minimum atomic E-state index is -1.44. The molecule has 0 unspecified atom stereocenters. The van der Waals surface area contributed by atoms with E-state index in [4.69, 9.17) is 15.4 Å². The van der Waals surface area contributed by atoms with Crippen LogP contribution in [-0.4, -0.2) is 37.1 Å². The summed E-state index contributed by atoms with van der Waals surface area (Å²) in [5, 5.41) is 28.3. The van der Waals surface area contributed by atoms with Crippen LogP contribution < -0.4 is 5.56 Å². The summed E-state index contributed by atoms with van der Waals surface area (Å²) in [5.74, 6) is -2.07. The zero-order chi connectivity index (χ0) is 11.4. The molecule has 1 aromatic rings. The third-order valence-corrected chi connectivity index (χ3v) is 1.48. The Morgan fingerprint density at radius 1 is 1.60 bits per heavy atom. The molecule has 1 aromatic heterocycles. The van der Waals surface area contributed by atoms with E-state index in [-0.39, 0.29) is 5.82 Å². The molecule has 0 amide bonds. The summed E-state index contributed by atoms with van der Waals surface area (Å²) < 4.78 is 0. The number of hydrogen-bond acceptors (Lipinski definition) is 6. The number of hydrogen-bond donors (Lipinski definition) is 4. The first kappa shape index (κ1) is 10.7. The summed E-state index contributed by atoms with van der Waals surface area (Å²) in [6.45, 7) is 0. The lowest BCUT2D eigenvalue weighted by atomic mass is 10.2. The lowest BCUT2D eigenvalue weighted by Gasteiger charge is -1.99. The number of rotatable bonds is 3. The molecule has 0 saturated carbocycles. The van der Waals surface area contributed by atoms with E-state index in [9.17, 15) is 9.59 Å². The van der Waals surface area contributed by atoms with Crippen LogP contribution in [0.5, 0.6) is 5.88 Å². The Bertz CT molecular complexity index is 464. The molecular formula is C7H7N3O5. The Balaban J connectivity index is 2.99. The van der Waals surface area contributed by atoms with E-state index in [1.54, 1.807) is 0 Å². The highest BCUT2D eigenvalue weighted by Crippen LogP contribution is 1.99. The van der Waals surface area contributed by atoms with Crippen molar-refractivity contribution in [1.29, 1.82) is 0 Å². The predicted octanol–water partition coefficient (Wildman–Crippen LogP) is -1.07. The fourth-order valence-corrected chi connectivity index (χ4v) is 0.890. The minimum Gasteiger partial charge on any atom is -0.493 e. The lowest BCUT2D eigenvalue weighted by Crippen LogP contribution is -2.19. The van der Waals surface area contributed by atoms with Crippen LogP contribution in [0.3, 0.4) is 0 Å². The van der Waals surface area contributed by atoms with Crippen LogP contribution in [0, 0.1) is 0 Å². The average Bonchev–Trinajstić information content (AvgIpc) is 2.12. The zero-order valence-electron chi connectivity index (χ0n) is 7.34. The summed E-state index contributed by atoms with van der Waals surface area (Å²) in [7, 11) is 0. The van der Waals surface area contributed by atoms with Gasteiger partial charge in [0.05, 0.1) is 12.5 Å². The number of carboxylic acid groups (broad SMARTS) is 1. The van der Waals surface area contributed by atoms with Crippen molar-refractivity contribution >= 4 is 11.7 Å². The molecular weight excluding hydrogens is 206 g/mol. The van der Waals surface area contributed by atoms with Gasteiger partial charge in [-0.3, -0.25) is 4.79 Å². The zero-order valence-corrected chi connectivity index (χ0v) is 7.34. The average molecular weight is 213 g/mol. The molecule has 4 N–H and O–H groups in total. The molecule has 0 radical (unpaired) electrons. The smallest absolute Gasteiger partial charge is 0.354 e. The topological polar surface area (TPSA) is 136 Å². The first-order valence-electron chi connectivity index (χ1n) is 3.76. The van der Waals surface area contributed by atoms with Crippen LogP contribution in [0.4, 0.5) is 0 Å². The van der Waals surface area contributed by atoms with E-state index in [0.29, 0.717) is 0 Å². The number of aromatic amines is 1. The van der Waals surface area contributed by atoms with Gasteiger partial charge in [-0.2, -0.15) is 4.98 Å². The van der Waals surface area contributed by atoms with E-state index in [1.165, 1.54) is 0 Å². The summed E-state index contributed by atoms with van der Waals surface area (Å²) >= 11 is 0. The Morgan fingerprint density at radius 2 is 2.27 bits per heavy atom. The van der Waals surface area contributed by atoms with Crippen molar-refractivity contribution in [2.75, 3.05) is 0 Å². The number of aromatic hydroxyl groups is 1. The SMILES string of the molecule is O=C(O)/C(Cc1nc(O)cc(=O)[nH]1)=N/O. The van der Waals surface area contributed by atoms with Gasteiger partial charge in [0.1, 0.15) is 5.82 Å². The van der Waals surface area contributed by atoms with Crippen molar-refractivity contribution in [3.05, 3.63) is 22.2 Å². The number of aromatic nitrogens is 2. The van der Waals surface area contributed by atoms with Gasteiger partial charge in [-0.1, -0.05) is 5.16 Å². The monoisotopic (exact) mass is 213 g/mol. The van der Waals surface area contributed by atoms with Gasteiger partial charge < -0.3 is 20.4 Å². The molecule has 1 heterocycles. The van der Waals surface area contributed by atoms with Gasteiger partial charge >= 0.3 is 5.97 Å². The molecule has 0 aliphatic heterocycles. The van der Waals surface area contributed by atoms with E-state index in [1.807, 2.05) is 0 Å². The Morgan fingerprint density at radius 3 is 2.73 bits per heavy atom. The normalized spacial score (nSPS) is 11.3. The lowest BCUT2D eigenvalue weighted by molar-refractivity contribution is -0.129. The highest BCUT2D eigenvalue weighted by atomic mass is 16.4. The van der Waals surface area contributed by atoms with E-state index in [2.05, 4.69) is 15.1 Å². The van der Waals surface area contributed by atoms with Crippen molar-refractivity contribution in [2.45, 2.75) is 6.42 Å². The van der Waals surface area contributed by atoms with Crippen LogP contribution in [0.1, 0.15) is 5.82 Å². The van der Waals surface area contributed by atoms with E-state index in [0.717, 1.165) is 6.07 Å². The molecule has 0 aliphatic rings. The Labute approximate surface area is 82.5 Å². The maximum Gasteiger partial charge on any atom is 0.354 e. The summed E-state index contributed by atoms with van der Waals surface area (Å²) in [6.07, 6.45) is -0.393. The molecule has 80 valence electrons. The van der Waals surface area contributed by atoms with Crippen molar-refractivity contribution in [1.82, 2.24) is 9.97 Å². The number of H-pyrrole nitrogens is 1. The van der Waals surface area contributed by atoms with Crippen molar-refractivity contribution < 1.29 is 20.2 Å². The highest BCUT2D eigenvalue weighted by molar-refractivity contribution is 6.35. The number of aliphatic carboxylic acids is 1. The van der Waals surface area contributed by atoms with Gasteiger partial charge in [0.2, 0.25) is 5.88 Å². The number of nitrogens with one attached hydrogen (secondary N) is 1. The molecule has 0 aliphatic carbocycles. The van der Waals surface area contributed by atoms with Gasteiger partial charge in [-0.15, -0.1) is 0 Å². The highest BCUT2D eigenvalue weighted by Gasteiger charge is 2.13. The fourth-order valence-electron chi connectivity index (χ4n) is 0.890. The fraction of sp³-hybridized carbons (Fsp3) is 0.143. The molecule has 0 saturated heterocycles. The first-order chi connectivity index (χ1) is 7.02. The molecule has 0 atom stereocenters. The number of carboxylic acids is 1. The number of carbonyl (C=O) groups is 1. The van der Waals surface area contributed by atoms with Crippen molar-refractivity contribution in [3.8, 4) is 5.88 Å². The second-order valence-electron chi connectivity index (χ2n) is 2.58. The quantitative estimate of drug-likeness (QED) is 0.287. The number of oxime groups is 1. The Kier molecular flexibility index (Phi) is 3.01. The first-order valence-corrected chi connectivity index (χ1v) is 3.76. The van der Waals surface area contributed by atoms with Crippen LogP contribution in [0.2, 0.25) is 0 Å². The molecule has 8 nitrogen and oxygen atoms in total. The molecule has 0 spiro atoms. The van der Waals surface area contributed by atoms with Crippen molar-refractivity contribution in [3.63, 3.8) is 0 Å². The van der Waals surface area contributed by atoms with Gasteiger partial charge in [-0.05, 0) is 0 Å².